The van der Waals surface area contributed by atoms with Crippen molar-refractivity contribution in [3.05, 3.63) is 91.7 Å². The Morgan fingerprint density at radius 2 is 1.58 bits per heavy atom. The molecule has 0 aliphatic rings. The van der Waals surface area contributed by atoms with Crippen molar-refractivity contribution >= 4 is 5.69 Å². The lowest BCUT2D eigenvalue weighted by Crippen LogP contribution is -1.98. The van der Waals surface area contributed by atoms with Crippen molar-refractivity contribution in [2.45, 2.75) is 0 Å². The standard InChI is InChI=1S/C18H17N/c1-3-10-16(4-2)19-18-14-9-8-13-17(18)15-11-6-5-7-12-15/h3-14,19H,1-2H2/b16-10+. The molecule has 2 rings (SSSR count). The van der Waals surface area contributed by atoms with E-state index in [4.69, 9.17) is 0 Å². The molecule has 2 aromatic rings. The van der Waals surface area contributed by atoms with E-state index < -0.39 is 0 Å². The van der Waals surface area contributed by atoms with Crippen LogP contribution >= 0.6 is 0 Å². The maximum atomic E-state index is 3.80. The van der Waals surface area contributed by atoms with Gasteiger partial charge in [-0.05, 0) is 23.8 Å². The zero-order valence-corrected chi connectivity index (χ0v) is 10.8. The molecule has 0 saturated carbocycles. The van der Waals surface area contributed by atoms with Crippen LogP contribution in [-0.4, -0.2) is 0 Å². The Balaban J connectivity index is 2.39. The maximum absolute atomic E-state index is 3.80. The first-order valence-corrected chi connectivity index (χ1v) is 6.22. The summed E-state index contributed by atoms with van der Waals surface area (Å²) < 4.78 is 0. The Labute approximate surface area is 114 Å². The minimum atomic E-state index is 0.929. The van der Waals surface area contributed by atoms with Crippen LogP contribution < -0.4 is 5.32 Å². The number of para-hydroxylation sites is 1. The molecule has 0 spiro atoms. The topological polar surface area (TPSA) is 12.0 Å². The molecule has 0 unspecified atom stereocenters. The highest BCUT2D eigenvalue weighted by Gasteiger charge is 2.03. The van der Waals surface area contributed by atoms with Crippen molar-refractivity contribution in [1.29, 1.82) is 0 Å². The first-order chi connectivity index (χ1) is 9.35. The van der Waals surface area contributed by atoms with Crippen molar-refractivity contribution in [3.8, 4) is 11.1 Å². The van der Waals surface area contributed by atoms with Crippen LogP contribution in [-0.2, 0) is 0 Å². The molecule has 0 aliphatic carbocycles. The van der Waals surface area contributed by atoms with Crippen molar-refractivity contribution in [2.24, 2.45) is 0 Å². The van der Waals surface area contributed by atoms with E-state index in [-0.39, 0.29) is 0 Å². The molecular weight excluding hydrogens is 230 g/mol. The van der Waals surface area contributed by atoms with Gasteiger partial charge in [0.1, 0.15) is 0 Å². The van der Waals surface area contributed by atoms with Crippen molar-refractivity contribution in [3.63, 3.8) is 0 Å². The van der Waals surface area contributed by atoms with Gasteiger partial charge in [-0.25, -0.2) is 0 Å². The van der Waals surface area contributed by atoms with Crippen LogP contribution in [0.3, 0.4) is 0 Å². The number of hydrogen-bond donors (Lipinski definition) is 1. The number of anilines is 1. The summed E-state index contributed by atoms with van der Waals surface area (Å²) in [5.41, 5.74) is 4.34. The average molecular weight is 247 g/mol. The Morgan fingerprint density at radius 1 is 0.895 bits per heavy atom. The van der Waals surface area contributed by atoms with Crippen molar-refractivity contribution in [2.75, 3.05) is 5.32 Å². The van der Waals surface area contributed by atoms with Gasteiger partial charge in [0.2, 0.25) is 0 Å². The molecule has 0 atom stereocenters. The van der Waals surface area contributed by atoms with Gasteiger partial charge in [0.05, 0.1) is 0 Å². The minimum absolute atomic E-state index is 0.929. The summed E-state index contributed by atoms with van der Waals surface area (Å²) in [6, 6.07) is 18.5. The van der Waals surface area contributed by atoms with Crippen LogP contribution in [0.1, 0.15) is 0 Å². The minimum Gasteiger partial charge on any atom is -0.355 e. The third kappa shape index (κ3) is 3.23. The zero-order chi connectivity index (χ0) is 13.5. The Hall–Kier alpha value is -2.54. The monoisotopic (exact) mass is 247 g/mol. The molecule has 0 aromatic heterocycles. The predicted octanol–water partition coefficient (Wildman–Crippen LogP) is 5.02. The molecule has 1 N–H and O–H groups in total. The van der Waals surface area contributed by atoms with Gasteiger partial charge in [0, 0.05) is 16.9 Å². The van der Waals surface area contributed by atoms with Gasteiger partial charge in [-0.3, -0.25) is 0 Å². The molecule has 1 nitrogen and oxygen atoms in total. The lowest BCUT2D eigenvalue weighted by Gasteiger charge is -2.12. The van der Waals surface area contributed by atoms with Gasteiger partial charge in [-0.1, -0.05) is 67.8 Å². The molecule has 1 heteroatoms. The Bertz CT molecular complexity index is 594. The van der Waals surface area contributed by atoms with E-state index in [0.717, 1.165) is 11.4 Å². The molecule has 0 heterocycles. The van der Waals surface area contributed by atoms with Crippen molar-refractivity contribution < 1.29 is 0 Å². The van der Waals surface area contributed by atoms with Crippen molar-refractivity contribution in [1.82, 2.24) is 0 Å². The largest absolute Gasteiger partial charge is 0.355 e. The fourth-order valence-corrected chi connectivity index (χ4v) is 1.90. The number of benzene rings is 2. The first-order valence-electron chi connectivity index (χ1n) is 6.22. The van der Waals surface area contributed by atoms with E-state index in [1.54, 1.807) is 12.2 Å². The van der Waals surface area contributed by atoms with Gasteiger partial charge in [0.15, 0.2) is 0 Å². The van der Waals surface area contributed by atoms with E-state index in [0.29, 0.717) is 0 Å². The summed E-state index contributed by atoms with van der Waals surface area (Å²) in [6.45, 7) is 7.51. The zero-order valence-electron chi connectivity index (χ0n) is 10.8. The Morgan fingerprint density at radius 3 is 2.26 bits per heavy atom. The highest BCUT2D eigenvalue weighted by atomic mass is 14.9. The fourth-order valence-electron chi connectivity index (χ4n) is 1.90. The second-order valence-corrected chi connectivity index (χ2v) is 4.10. The first kappa shape index (κ1) is 12.9. The fraction of sp³-hybridized carbons (Fsp3) is 0. The summed E-state index contributed by atoms with van der Waals surface area (Å²) in [4.78, 5) is 0. The lowest BCUT2D eigenvalue weighted by atomic mass is 10.0. The predicted molar refractivity (Wildman–Crippen MR) is 84.0 cm³/mol. The smallest absolute Gasteiger partial charge is 0.0463 e. The molecule has 0 amide bonds. The number of hydrogen-bond acceptors (Lipinski definition) is 1. The van der Waals surface area contributed by atoms with E-state index >= 15 is 0 Å². The molecular formula is C18H17N. The third-order valence-corrected chi connectivity index (χ3v) is 2.81. The normalized spacial score (nSPS) is 10.8. The number of rotatable bonds is 5. The molecule has 0 fully saturated rings. The molecule has 0 bridgehead atoms. The highest BCUT2D eigenvalue weighted by Crippen LogP contribution is 2.28. The highest BCUT2D eigenvalue weighted by molar-refractivity contribution is 5.79. The van der Waals surface area contributed by atoms with E-state index in [1.807, 2.05) is 36.4 Å². The average Bonchev–Trinajstić information content (AvgIpc) is 2.48. The summed E-state index contributed by atoms with van der Waals surface area (Å²) in [7, 11) is 0. The van der Waals surface area contributed by atoms with E-state index in [9.17, 15) is 0 Å². The number of nitrogens with one attached hydrogen (secondary N) is 1. The molecule has 19 heavy (non-hydrogen) atoms. The van der Waals surface area contributed by atoms with Gasteiger partial charge in [-0.15, -0.1) is 0 Å². The molecule has 0 radical (unpaired) electrons. The molecule has 94 valence electrons. The second kappa shape index (κ2) is 6.41. The summed E-state index contributed by atoms with van der Waals surface area (Å²) >= 11 is 0. The van der Waals surface area contributed by atoms with Gasteiger partial charge < -0.3 is 5.32 Å². The Kier molecular flexibility index (Phi) is 4.35. The van der Waals surface area contributed by atoms with Crippen LogP contribution in [0.2, 0.25) is 0 Å². The van der Waals surface area contributed by atoms with Crippen LogP contribution in [0, 0.1) is 0 Å². The third-order valence-electron chi connectivity index (χ3n) is 2.81. The lowest BCUT2D eigenvalue weighted by molar-refractivity contribution is 1.47. The number of allylic oxidation sites excluding steroid dienone is 3. The van der Waals surface area contributed by atoms with Gasteiger partial charge in [0.25, 0.3) is 0 Å². The van der Waals surface area contributed by atoms with Crippen LogP contribution in [0.4, 0.5) is 5.69 Å². The van der Waals surface area contributed by atoms with Crippen LogP contribution in [0.15, 0.2) is 91.7 Å². The van der Waals surface area contributed by atoms with Gasteiger partial charge in [-0.2, -0.15) is 0 Å². The molecule has 0 saturated heterocycles. The summed E-state index contributed by atoms with van der Waals surface area (Å²) in [6.07, 6.45) is 5.42. The van der Waals surface area contributed by atoms with E-state index in [1.165, 1.54) is 11.1 Å². The second-order valence-electron chi connectivity index (χ2n) is 4.10. The van der Waals surface area contributed by atoms with Crippen LogP contribution in [0.25, 0.3) is 11.1 Å². The maximum Gasteiger partial charge on any atom is 0.0463 e. The van der Waals surface area contributed by atoms with E-state index in [2.05, 4.69) is 42.7 Å². The summed E-state index contributed by atoms with van der Waals surface area (Å²) in [5, 5.41) is 3.37. The summed E-state index contributed by atoms with van der Waals surface area (Å²) in [5.74, 6) is 0. The SMILES string of the molecule is C=C/C=C(\C=C)Nc1ccccc1-c1ccccc1. The quantitative estimate of drug-likeness (QED) is 0.731. The molecule has 0 aliphatic heterocycles. The van der Waals surface area contributed by atoms with Crippen LogP contribution in [0.5, 0.6) is 0 Å². The molecule has 2 aromatic carbocycles. The van der Waals surface area contributed by atoms with Gasteiger partial charge >= 0.3 is 0 Å².